The number of benzene rings is 3. The van der Waals surface area contributed by atoms with Crippen LogP contribution in [0.25, 0.3) is 11.6 Å². The summed E-state index contributed by atoms with van der Waals surface area (Å²) in [6, 6.07) is 32.1. The number of hydrogen-bond acceptors (Lipinski definition) is 0. The summed E-state index contributed by atoms with van der Waals surface area (Å²) < 4.78 is 0. The van der Waals surface area contributed by atoms with E-state index in [1.807, 2.05) is 0 Å². The predicted octanol–water partition coefficient (Wildman–Crippen LogP) is 6.90. The average molecular weight is 334 g/mol. The summed E-state index contributed by atoms with van der Waals surface area (Å²) in [7, 11) is 0. The van der Waals surface area contributed by atoms with Crippen molar-refractivity contribution >= 4 is 11.6 Å². The van der Waals surface area contributed by atoms with Crippen LogP contribution in [0.15, 0.2) is 115 Å². The van der Waals surface area contributed by atoms with E-state index in [-0.39, 0.29) is 0 Å². The van der Waals surface area contributed by atoms with Crippen molar-refractivity contribution in [3.63, 3.8) is 0 Å². The van der Waals surface area contributed by atoms with Crippen molar-refractivity contribution in [3.8, 4) is 0 Å². The highest BCUT2D eigenvalue weighted by Gasteiger charge is 2.21. The van der Waals surface area contributed by atoms with Crippen molar-refractivity contribution in [1.82, 2.24) is 0 Å². The molecule has 1 aliphatic rings. The zero-order valence-electron chi connectivity index (χ0n) is 14.8. The van der Waals surface area contributed by atoms with Crippen LogP contribution in [0.2, 0.25) is 0 Å². The van der Waals surface area contributed by atoms with Crippen LogP contribution < -0.4 is 0 Å². The number of rotatable bonds is 4. The molecule has 0 nitrogen and oxygen atoms in total. The van der Waals surface area contributed by atoms with Crippen LogP contribution in [0, 0.1) is 0 Å². The van der Waals surface area contributed by atoms with Gasteiger partial charge in [0.2, 0.25) is 0 Å². The maximum Gasteiger partial charge on any atom is 0.0136 e. The highest BCUT2D eigenvalue weighted by atomic mass is 14.2. The summed E-state index contributed by atoms with van der Waals surface area (Å²) in [4.78, 5) is 0. The second-order valence-electron chi connectivity index (χ2n) is 6.64. The van der Waals surface area contributed by atoms with E-state index in [0.717, 1.165) is 6.42 Å². The van der Waals surface area contributed by atoms with E-state index in [1.165, 1.54) is 27.8 Å². The van der Waals surface area contributed by atoms with Crippen molar-refractivity contribution in [1.29, 1.82) is 0 Å². The van der Waals surface area contributed by atoms with Gasteiger partial charge in [-0.15, -0.1) is 0 Å². The zero-order valence-corrected chi connectivity index (χ0v) is 14.8. The van der Waals surface area contributed by atoms with Gasteiger partial charge >= 0.3 is 0 Å². The van der Waals surface area contributed by atoms with Gasteiger partial charge in [-0.05, 0) is 34.3 Å². The largest absolute Gasteiger partial charge is 0.0622 e. The Bertz CT molecular complexity index is 929. The lowest BCUT2D eigenvalue weighted by molar-refractivity contribution is 0.848. The lowest BCUT2D eigenvalue weighted by Gasteiger charge is -2.25. The summed E-state index contributed by atoms with van der Waals surface area (Å²) >= 11 is 0. The minimum Gasteiger partial charge on any atom is -0.0622 e. The molecule has 0 heterocycles. The first kappa shape index (κ1) is 16.4. The molecule has 0 fully saturated rings. The Morgan fingerprint density at radius 1 is 0.615 bits per heavy atom. The maximum atomic E-state index is 2.29. The Hall–Kier alpha value is -3.12. The maximum absolute atomic E-state index is 2.29. The van der Waals surface area contributed by atoms with Gasteiger partial charge in [-0.2, -0.15) is 0 Å². The van der Waals surface area contributed by atoms with Crippen LogP contribution in [-0.2, 0) is 0 Å². The summed E-state index contributed by atoms with van der Waals surface area (Å²) in [6.07, 6.45) is 10.0. The molecule has 0 N–H and O–H groups in total. The molecular formula is C26H22. The molecule has 0 radical (unpaired) electrons. The SMILES string of the molecule is C1=C(/C=C/c2ccccc2)C[C@@H](c2ccccc2)C(c2ccccc2)=C1. The molecule has 0 heteroatoms. The molecule has 0 unspecified atom stereocenters. The van der Waals surface area contributed by atoms with Crippen molar-refractivity contribution in [2.24, 2.45) is 0 Å². The molecule has 0 saturated heterocycles. The van der Waals surface area contributed by atoms with Gasteiger partial charge in [0.1, 0.15) is 0 Å². The third kappa shape index (κ3) is 3.75. The Kier molecular flexibility index (Phi) is 4.93. The molecule has 0 spiro atoms. The zero-order chi connectivity index (χ0) is 17.6. The molecule has 1 atom stereocenters. The van der Waals surface area contributed by atoms with Gasteiger partial charge in [0.25, 0.3) is 0 Å². The third-order valence-electron chi connectivity index (χ3n) is 4.89. The topological polar surface area (TPSA) is 0 Å². The smallest absolute Gasteiger partial charge is 0.0136 e. The van der Waals surface area contributed by atoms with Crippen LogP contribution in [0.1, 0.15) is 29.0 Å². The lowest BCUT2D eigenvalue weighted by atomic mass is 9.79. The van der Waals surface area contributed by atoms with E-state index < -0.39 is 0 Å². The normalized spacial score (nSPS) is 17.0. The molecule has 1 aliphatic carbocycles. The quantitative estimate of drug-likeness (QED) is 0.487. The van der Waals surface area contributed by atoms with E-state index in [9.17, 15) is 0 Å². The second kappa shape index (κ2) is 7.84. The van der Waals surface area contributed by atoms with Crippen molar-refractivity contribution in [3.05, 3.63) is 131 Å². The first-order valence-electron chi connectivity index (χ1n) is 9.14. The fraction of sp³-hybridized carbons (Fsp3) is 0.0769. The van der Waals surface area contributed by atoms with Gasteiger partial charge in [-0.3, -0.25) is 0 Å². The number of allylic oxidation sites excluding steroid dienone is 5. The van der Waals surface area contributed by atoms with Crippen LogP contribution in [-0.4, -0.2) is 0 Å². The van der Waals surface area contributed by atoms with Crippen LogP contribution in [0.4, 0.5) is 0 Å². The molecule has 0 amide bonds. The Balaban J connectivity index is 1.68. The first-order chi connectivity index (χ1) is 12.9. The molecule has 0 saturated carbocycles. The van der Waals surface area contributed by atoms with E-state index in [2.05, 4.69) is 115 Å². The molecule has 3 aromatic carbocycles. The highest BCUT2D eigenvalue weighted by molar-refractivity contribution is 5.75. The minimum atomic E-state index is 0.388. The Labute approximate surface area is 155 Å². The molecule has 126 valence electrons. The monoisotopic (exact) mass is 334 g/mol. The van der Waals surface area contributed by atoms with E-state index in [1.54, 1.807) is 0 Å². The molecule has 0 bridgehead atoms. The van der Waals surface area contributed by atoms with Gasteiger partial charge in [0, 0.05) is 5.92 Å². The molecule has 26 heavy (non-hydrogen) atoms. The van der Waals surface area contributed by atoms with E-state index in [0.29, 0.717) is 5.92 Å². The van der Waals surface area contributed by atoms with E-state index >= 15 is 0 Å². The second-order valence-corrected chi connectivity index (χ2v) is 6.64. The lowest BCUT2D eigenvalue weighted by Crippen LogP contribution is -2.06. The molecule has 0 aliphatic heterocycles. The fourth-order valence-electron chi connectivity index (χ4n) is 3.53. The average Bonchev–Trinajstić information content (AvgIpc) is 2.74. The molecule has 4 rings (SSSR count). The number of hydrogen-bond donors (Lipinski definition) is 0. The van der Waals surface area contributed by atoms with E-state index in [4.69, 9.17) is 0 Å². The summed E-state index contributed by atoms with van der Waals surface area (Å²) in [5, 5.41) is 0. The molecule has 0 aromatic heterocycles. The van der Waals surface area contributed by atoms with Crippen LogP contribution >= 0.6 is 0 Å². The Morgan fingerprint density at radius 2 is 1.23 bits per heavy atom. The highest BCUT2D eigenvalue weighted by Crippen LogP contribution is 2.40. The molecule has 3 aromatic rings. The van der Waals surface area contributed by atoms with Crippen LogP contribution in [0.5, 0.6) is 0 Å². The first-order valence-corrected chi connectivity index (χ1v) is 9.14. The summed E-state index contributed by atoms with van der Waals surface area (Å²) in [6.45, 7) is 0. The van der Waals surface area contributed by atoms with Crippen molar-refractivity contribution < 1.29 is 0 Å². The van der Waals surface area contributed by atoms with Gasteiger partial charge in [-0.25, -0.2) is 0 Å². The van der Waals surface area contributed by atoms with Crippen molar-refractivity contribution in [2.75, 3.05) is 0 Å². The fourth-order valence-corrected chi connectivity index (χ4v) is 3.53. The third-order valence-corrected chi connectivity index (χ3v) is 4.89. The summed E-state index contributed by atoms with van der Waals surface area (Å²) in [5.74, 6) is 0.388. The molecular weight excluding hydrogens is 312 g/mol. The standard InChI is InChI=1S/C26H22/c1-4-10-21(11-5-1)16-17-22-18-19-25(23-12-6-2-7-13-23)26(20-22)24-14-8-3-9-15-24/h1-19,26H,20H2/b17-16+/t26-/m0/s1. The minimum absolute atomic E-state index is 0.388. The van der Waals surface area contributed by atoms with Crippen molar-refractivity contribution in [2.45, 2.75) is 12.3 Å². The predicted molar refractivity (Wildman–Crippen MR) is 112 cm³/mol. The summed E-state index contributed by atoms with van der Waals surface area (Å²) in [5.41, 5.74) is 6.68. The Morgan fingerprint density at radius 3 is 1.92 bits per heavy atom. The van der Waals surface area contributed by atoms with Crippen LogP contribution in [0.3, 0.4) is 0 Å². The van der Waals surface area contributed by atoms with Gasteiger partial charge in [0.15, 0.2) is 0 Å². The van der Waals surface area contributed by atoms with Gasteiger partial charge in [0.05, 0.1) is 0 Å². The van der Waals surface area contributed by atoms with Gasteiger partial charge < -0.3 is 0 Å². The van der Waals surface area contributed by atoms with Gasteiger partial charge in [-0.1, -0.05) is 115 Å².